The molecule has 1 atom stereocenters. The van der Waals surface area contributed by atoms with E-state index in [9.17, 15) is 0 Å². The van der Waals surface area contributed by atoms with Gasteiger partial charge in [-0.1, -0.05) is 66.8 Å². The number of aryl methyl sites for hydroxylation is 1. The van der Waals surface area contributed by atoms with Gasteiger partial charge in [0.05, 0.1) is 13.4 Å². The Bertz CT molecular complexity index is 1780. The van der Waals surface area contributed by atoms with Crippen LogP contribution in [0.2, 0.25) is 0 Å². The summed E-state index contributed by atoms with van der Waals surface area (Å²) in [5, 5.41) is 7.75. The van der Waals surface area contributed by atoms with E-state index in [0.29, 0.717) is 0 Å². The highest BCUT2D eigenvalue weighted by molar-refractivity contribution is 5.94. The van der Waals surface area contributed by atoms with Gasteiger partial charge in [-0.25, -0.2) is 0 Å². The summed E-state index contributed by atoms with van der Waals surface area (Å²) in [5.74, 6) is 1.87. The van der Waals surface area contributed by atoms with Crippen LogP contribution >= 0.6 is 0 Å². The number of hydrogen-bond donors (Lipinski definition) is 0. The monoisotopic (exact) mass is 468 g/mol. The molecule has 0 spiro atoms. The van der Waals surface area contributed by atoms with E-state index < -0.39 is 0 Å². The Kier molecular flexibility index (Phi) is 4.89. The van der Waals surface area contributed by atoms with Gasteiger partial charge >= 0.3 is 0 Å². The molecule has 0 fully saturated rings. The van der Waals surface area contributed by atoms with Crippen molar-refractivity contribution in [1.29, 1.82) is 0 Å². The number of ether oxygens (including phenoxy) is 2. The molecule has 2 nitrogen and oxygen atoms in total. The average Bonchev–Trinajstić information content (AvgIpc) is 2.97. The maximum atomic E-state index is 6.17. The zero-order chi connectivity index (χ0) is 24.1. The third-order valence-corrected chi connectivity index (χ3v) is 8.12. The van der Waals surface area contributed by atoms with E-state index in [1.54, 1.807) is 13.4 Å². The molecule has 0 bridgehead atoms. The van der Waals surface area contributed by atoms with E-state index in [-0.39, 0.29) is 5.41 Å². The minimum atomic E-state index is -0.270. The fraction of sp³-hybridized carbons (Fsp3) is 0.176. The van der Waals surface area contributed by atoms with E-state index in [1.165, 1.54) is 54.8 Å². The van der Waals surface area contributed by atoms with E-state index >= 15 is 0 Å². The largest absolute Gasteiger partial charge is 0.497 e. The van der Waals surface area contributed by atoms with Crippen LogP contribution in [0.4, 0.5) is 0 Å². The highest BCUT2D eigenvalue weighted by Crippen LogP contribution is 2.40. The van der Waals surface area contributed by atoms with Crippen LogP contribution in [0.25, 0.3) is 35.1 Å². The lowest BCUT2D eigenvalue weighted by molar-refractivity contribution is 0.414. The zero-order valence-electron chi connectivity index (χ0n) is 20.5. The summed E-state index contributed by atoms with van der Waals surface area (Å²) in [4.78, 5) is 0. The van der Waals surface area contributed by atoms with Crippen LogP contribution in [0.1, 0.15) is 36.0 Å². The number of hydrogen-bond acceptors (Lipinski definition) is 2. The van der Waals surface area contributed by atoms with Crippen LogP contribution in [0, 0.1) is 0 Å². The minimum Gasteiger partial charge on any atom is -0.497 e. The maximum Gasteiger partial charge on any atom is 0.142 e. The van der Waals surface area contributed by atoms with Gasteiger partial charge in [0.15, 0.2) is 0 Å². The van der Waals surface area contributed by atoms with Crippen LogP contribution in [0.3, 0.4) is 0 Å². The first-order valence-corrected chi connectivity index (χ1v) is 12.8. The predicted octanol–water partition coefficient (Wildman–Crippen LogP) is 4.60. The molecule has 0 N–H and O–H groups in total. The molecule has 0 aromatic heterocycles. The lowest BCUT2D eigenvalue weighted by Gasteiger charge is -2.34. The standard InChI is InChI=1S/C34H28O2/c1-35-26-16-14-25(15-17-26)34(24-9-3-2-4-10-24)20-19-28-29-12-7-21-36-33(29)30-18-13-23-8-5-6-11-27(23)32(30)31(28)22-34/h2-4,7-10,12-19,21-22H,5-6,11,20H2,1H3. The number of fused-ring (bicyclic) bond motifs is 8. The molecule has 1 aliphatic heterocycles. The summed E-state index contributed by atoms with van der Waals surface area (Å²) in [6, 6.07) is 24.1. The van der Waals surface area contributed by atoms with Crippen molar-refractivity contribution in [3.05, 3.63) is 117 Å². The zero-order valence-corrected chi connectivity index (χ0v) is 20.5. The van der Waals surface area contributed by atoms with Crippen LogP contribution in [-0.2, 0) is 11.8 Å². The smallest absolute Gasteiger partial charge is 0.142 e. The van der Waals surface area contributed by atoms with E-state index in [0.717, 1.165) is 30.8 Å². The number of methoxy groups -OCH3 is 1. The fourth-order valence-corrected chi connectivity index (χ4v) is 6.37. The molecule has 7 rings (SSSR count). The Labute approximate surface area is 210 Å². The first-order valence-electron chi connectivity index (χ1n) is 12.8. The third-order valence-electron chi connectivity index (χ3n) is 8.12. The molecular formula is C34H28O2. The molecule has 36 heavy (non-hydrogen) atoms. The second-order valence-electron chi connectivity index (χ2n) is 9.95. The van der Waals surface area contributed by atoms with Crippen molar-refractivity contribution in [2.75, 3.05) is 7.11 Å². The van der Waals surface area contributed by atoms with Gasteiger partial charge in [-0.3, -0.25) is 0 Å². The van der Waals surface area contributed by atoms with Gasteiger partial charge in [0.1, 0.15) is 11.5 Å². The summed E-state index contributed by atoms with van der Waals surface area (Å²) >= 11 is 0. The van der Waals surface area contributed by atoms with Gasteiger partial charge in [0, 0.05) is 16.0 Å². The number of rotatable bonds is 3. The van der Waals surface area contributed by atoms with Crippen LogP contribution in [0.15, 0.2) is 79.1 Å². The predicted molar refractivity (Wildman–Crippen MR) is 148 cm³/mol. The van der Waals surface area contributed by atoms with Crippen molar-refractivity contribution < 1.29 is 9.47 Å². The molecule has 0 radical (unpaired) electrons. The molecule has 4 aromatic carbocycles. The highest BCUT2D eigenvalue weighted by atomic mass is 16.5. The van der Waals surface area contributed by atoms with Crippen molar-refractivity contribution in [1.82, 2.24) is 0 Å². The number of benzene rings is 4. The Hall–Kier alpha value is -4.04. The fourth-order valence-electron chi connectivity index (χ4n) is 6.37. The molecule has 0 saturated carbocycles. The molecule has 0 amide bonds. The van der Waals surface area contributed by atoms with Crippen molar-refractivity contribution >= 4 is 35.1 Å². The average molecular weight is 469 g/mol. The quantitative estimate of drug-likeness (QED) is 0.438. The summed E-state index contributed by atoms with van der Waals surface area (Å²) in [7, 11) is 1.72. The molecule has 2 aliphatic carbocycles. The second kappa shape index (κ2) is 8.27. The topological polar surface area (TPSA) is 18.5 Å². The maximum absolute atomic E-state index is 6.17. The Balaban J connectivity index is 1.65. The van der Waals surface area contributed by atoms with Gasteiger partial charge in [0.25, 0.3) is 0 Å². The summed E-state index contributed by atoms with van der Waals surface area (Å²) in [5.41, 5.74) is 3.77. The van der Waals surface area contributed by atoms with Crippen molar-refractivity contribution in [2.24, 2.45) is 0 Å². The molecule has 4 aromatic rings. The molecular weight excluding hydrogens is 440 g/mol. The molecule has 2 heteroatoms. The molecule has 176 valence electrons. The lowest BCUT2D eigenvalue weighted by atomic mass is 9.69. The third kappa shape index (κ3) is 3.10. The van der Waals surface area contributed by atoms with Crippen LogP contribution in [0.5, 0.6) is 11.5 Å². The van der Waals surface area contributed by atoms with Crippen LogP contribution < -0.4 is 30.3 Å². The van der Waals surface area contributed by atoms with Crippen molar-refractivity contribution in [2.45, 2.75) is 31.1 Å². The Morgan fingerprint density at radius 3 is 2.50 bits per heavy atom. The lowest BCUT2D eigenvalue weighted by Crippen LogP contribution is -2.47. The van der Waals surface area contributed by atoms with Gasteiger partial charge in [0.2, 0.25) is 0 Å². The highest BCUT2D eigenvalue weighted by Gasteiger charge is 2.33. The van der Waals surface area contributed by atoms with E-state index in [4.69, 9.17) is 9.47 Å². The summed E-state index contributed by atoms with van der Waals surface area (Å²) in [6.07, 6.45) is 17.7. The SMILES string of the molecule is COc1ccc(C2(c3ccccc3)C=c3c(c4c(c5ccc6c(c35)CCCC=6)OC=CC=4)=CC2)cc1. The van der Waals surface area contributed by atoms with Gasteiger partial charge in [-0.15, -0.1) is 0 Å². The number of allylic oxidation sites excluding steroid dienone is 1. The molecule has 0 saturated heterocycles. The molecule has 3 aliphatic rings. The summed E-state index contributed by atoms with van der Waals surface area (Å²) in [6.45, 7) is 0. The van der Waals surface area contributed by atoms with Crippen LogP contribution in [-0.4, -0.2) is 7.11 Å². The second-order valence-corrected chi connectivity index (χ2v) is 9.95. The van der Waals surface area contributed by atoms with E-state index in [2.05, 4.69) is 91.0 Å². The summed E-state index contributed by atoms with van der Waals surface area (Å²) < 4.78 is 11.7. The first-order chi connectivity index (χ1) is 17.8. The minimum absolute atomic E-state index is 0.270. The Morgan fingerprint density at radius 1 is 0.833 bits per heavy atom. The normalized spacial score (nSPS) is 19.4. The van der Waals surface area contributed by atoms with Gasteiger partial charge in [-0.05, 0) is 93.8 Å². The molecule has 1 heterocycles. The van der Waals surface area contributed by atoms with E-state index in [1.807, 2.05) is 6.08 Å². The first kappa shape index (κ1) is 21.3. The van der Waals surface area contributed by atoms with Gasteiger partial charge < -0.3 is 9.47 Å². The molecule has 1 unspecified atom stereocenters. The van der Waals surface area contributed by atoms with Gasteiger partial charge in [-0.2, -0.15) is 0 Å². The Morgan fingerprint density at radius 2 is 1.67 bits per heavy atom. The van der Waals surface area contributed by atoms with Crippen molar-refractivity contribution in [3.8, 4) is 11.5 Å². The van der Waals surface area contributed by atoms with Crippen molar-refractivity contribution in [3.63, 3.8) is 0 Å².